The van der Waals surface area contributed by atoms with Gasteiger partial charge in [-0.05, 0) is 42.7 Å². The smallest absolute Gasteiger partial charge is 0.252 e. The highest BCUT2D eigenvalue weighted by atomic mass is 35.5. The molecule has 0 saturated heterocycles. The molecular weight excluding hydrogens is 354 g/mol. The molecule has 1 unspecified atom stereocenters. The lowest BCUT2D eigenvalue weighted by Gasteiger charge is -2.19. The quantitative estimate of drug-likeness (QED) is 0.496. The second-order valence-corrected chi connectivity index (χ2v) is 6.48. The van der Waals surface area contributed by atoms with Crippen LogP contribution in [0.3, 0.4) is 0 Å². The minimum atomic E-state index is -0.584. The second-order valence-electron chi connectivity index (χ2n) is 6.05. The zero-order valence-electron chi connectivity index (χ0n) is 14.2. The predicted octanol–water partition coefficient (Wildman–Crippen LogP) is 2.22. The molecule has 0 radical (unpaired) electrons. The van der Waals surface area contributed by atoms with Crippen molar-refractivity contribution in [2.24, 2.45) is 15.9 Å². The zero-order valence-corrected chi connectivity index (χ0v) is 15.0. The van der Waals surface area contributed by atoms with Crippen molar-refractivity contribution in [1.29, 1.82) is 0 Å². The van der Waals surface area contributed by atoms with Crippen LogP contribution in [0, 0.1) is 0 Å². The number of nitrogens with two attached hydrogens (primary N) is 1. The van der Waals surface area contributed by atoms with Gasteiger partial charge in [0.2, 0.25) is 5.91 Å². The number of hydrogen-bond acceptors (Lipinski definition) is 4. The minimum Gasteiger partial charge on any atom is -0.368 e. The van der Waals surface area contributed by atoms with Crippen LogP contribution in [0.5, 0.6) is 0 Å². The molecule has 1 amide bonds. The Morgan fingerprint density at radius 2 is 2.19 bits per heavy atom. The fraction of sp³-hybridized carbons (Fsp3) is 0.222. The number of benzene rings is 1. The van der Waals surface area contributed by atoms with Gasteiger partial charge in [0.25, 0.3) is 5.56 Å². The summed E-state index contributed by atoms with van der Waals surface area (Å²) in [4.78, 5) is 25.9. The van der Waals surface area contributed by atoms with Gasteiger partial charge in [-0.2, -0.15) is 5.10 Å². The van der Waals surface area contributed by atoms with E-state index in [-0.39, 0.29) is 5.56 Å². The highest BCUT2D eigenvalue weighted by Crippen LogP contribution is 2.34. The number of aromatic nitrogens is 1. The van der Waals surface area contributed by atoms with Gasteiger partial charge in [0.1, 0.15) is 12.4 Å². The molecule has 0 spiro atoms. The van der Waals surface area contributed by atoms with Gasteiger partial charge in [0.15, 0.2) is 0 Å². The second kappa shape index (κ2) is 7.13. The largest absolute Gasteiger partial charge is 0.368 e. The van der Waals surface area contributed by atoms with Crippen molar-refractivity contribution in [2.75, 3.05) is 11.9 Å². The predicted molar refractivity (Wildman–Crippen MR) is 104 cm³/mol. The molecular formula is C18H18ClN5O2. The molecule has 1 aliphatic rings. The van der Waals surface area contributed by atoms with Crippen molar-refractivity contribution in [1.82, 2.24) is 4.57 Å². The Bertz CT molecular complexity index is 967. The van der Waals surface area contributed by atoms with Gasteiger partial charge in [0, 0.05) is 41.8 Å². The Morgan fingerprint density at radius 3 is 2.88 bits per heavy atom. The van der Waals surface area contributed by atoms with E-state index in [4.69, 9.17) is 17.3 Å². The van der Waals surface area contributed by atoms with E-state index in [1.807, 2.05) is 19.2 Å². The third-order valence-corrected chi connectivity index (χ3v) is 4.65. The van der Waals surface area contributed by atoms with Crippen LogP contribution in [0.4, 0.5) is 5.69 Å². The molecule has 0 bridgehead atoms. The van der Waals surface area contributed by atoms with Gasteiger partial charge in [0.05, 0.1) is 0 Å². The first-order chi connectivity index (χ1) is 12.4. The van der Waals surface area contributed by atoms with Crippen LogP contribution in [0.25, 0.3) is 11.1 Å². The molecule has 7 nitrogen and oxygen atoms in total. The summed E-state index contributed by atoms with van der Waals surface area (Å²) in [5.41, 5.74) is 8.23. The summed E-state index contributed by atoms with van der Waals surface area (Å²) in [7, 11) is 1.81. The van der Waals surface area contributed by atoms with E-state index in [9.17, 15) is 9.59 Å². The average molecular weight is 372 g/mol. The molecule has 1 aromatic carbocycles. The molecule has 2 N–H and O–H groups in total. The number of anilines is 1. The summed E-state index contributed by atoms with van der Waals surface area (Å²) in [5.74, 6) is -0.491. The topological polar surface area (TPSA) is 93.1 Å². The minimum absolute atomic E-state index is 0.256. The summed E-state index contributed by atoms with van der Waals surface area (Å²) in [6, 6.07) is 8.19. The molecule has 1 aromatic heterocycles. The summed E-state index contributed by atoms with van der Waals surface area (Å²) in [5, 5.41) is 7.78. The van der Waals surface area contributed by atoms with Gasteiger partial charge in [-0.25, -0.2) is 0 Å². The van der Waals surface area contributed by atoms with Crippen molar-refractivity contribution in [3.63, 3.8) is 0 Å². The van der Waals surface area contributed by atoms with E-state index in [0.717, 1.165) is 22.5 Å². The molecule has 1 aliphatic heterocycles. The fourth-order valence-electron chi connectivity index (χ4n) is 3.24. The number of fused-ring (bicyclic) bond motifs is 1. The Labute approximate surface area is 155 Å². The molecule has 134 valence electrons. The maximum Gasteiger partial charge on any atom is 0.252 e. The standard InChI is InChI=1S/C18H18ClN5O2/c1-21-22-10-23(2)15-5-3-12(19)9-14(15)11-7-13-4-6-16(18(20)26)24(13)17(25)8-11/h3,5,7-10,16H,1,4,6H2,2H3,(H2,20,26)/b22-10-. The number of aryl methyl sites for hydroxylation is 1. The molecule has 2 heterocycles. The lowest BCUT2D eigenvalue weighted by atomic mass is 10.0. The van der Waals surface area contributed by atoms with E-state index < -0.39 is 11.9 Å². The number of primary amides is 1. The Hall–Kier alpha value is -2.93. The van der Waals surface area contributed by atoms with E-state index in [1.54, 1.807) is 17.0 Å². The molecule has 3 rings (SSSR count). The molecule has 8 heteroatoms. The van der Waals surface area contributed by atoms with Crippen LogP contribution in [-0.4, -0.2) is 30.6 Å². The molecule has 26 heavy (non-hydrogen) atoms. The first-order valence-electron chi connectivity index (χ1n) is 7.99. The molecule has 2 aromatic rings. The monoisotopic (exact) mass is 371 g/mol. The van der Waals surface area contributed by atoms with Crippen LogP contribution in [0.2, 0.25) is 5.02 Å². The Balaban J connectivity index is 2.14. The maximum atomic E-state index is 12.6. The number of carbonyl (C=O) groups excluding carboxylic acids is 1. The number of amides is 1. The number of carbonyl (C=O) groups is 1. The summed E-state index contributed by atoms with van der Waals surface area (Å²) < 4.78 is 1.48. The van der Waals surface area contributed by atoms with Crippen molar-refractivity contribution in [3.05, 3.63) is 51.4 Å². The average Bonchev–Trinajstić information content (AvgIpc) is 3.04. The molecule has 0 fully saturated rings. The highest BCUT2D eigenvalue weighted by Gasteiger charge is 2.28. The van der Waals surface area contributed by atoms with Crippen molar-refractivity contribution >= 4 is 36.3 Å². The summed E-state index contributed by atoms with van der Waals surface area (Å²) >= 11 is 6.17. The lowest BCUT2D eigenvalue weighted by Crippen LogP contribution is -2.31. The Kier molecular flexibility index (Phi) is 4.90. The van der Waals surface area contributed by atoms with Crippen LogP contribution < -0.4 is 16.2 Å². The number of hydrogen-bond donors (Lipinski definition) is 1. The van der Waals surface area contributed by atoms with E-state index in [2.05, 4.69) is 16.9 Å². The number of halogens is 1. The normalized spacial score (nSPS) is 15.8. The van der Waals surface area contributed by atoms with E-state index in [1.165, 1.54) is 17.0 Å². The summed E-state index contributed by atoms with van der Waals surface area (Å²) in [6.07, 6.45) is 2.67. The Morgan fingerprint density at radius 1 is 1.42 bits per heavy atom. The first kappa shape index (κ1) is 17.9. The van der Waals surface area contributed by atoms with Crippen molar-refractivity contribution in [3.8, 4) is 11.1 Å². The summed E-state index contributed by atoms with van der Waals surface area (Å²) in [6.45, 7) is 3.32. The van der Waals surface area contributed by atoms with Gasteiger partial charge >= 0.3 is 0 Å². The van der Waals surface area contributed by atoms with Crippen molar-refractivity contribution < 1.29 is 4.79 Å². The fourth-order valence-corrected chi connectivity index (χ4v) is 3.42. The zero-order chi connectivity index (χ0) is 18.8. The number of nitrogens with zero attached hydrogens (tertiary/aromatic N) is 4. The van der Waals surface area contributed by atoms with Crippen LogP contribution in [0.15, 0.2) is 45.3 Å². The SMILES string of the molecule is C=N/N=C\N(C)c1ccc(Cl)cc1-c1cc2n(c(=O)c1)C(C(N)=O)CC2. The van der Waals surface area contributed by atoms with Crippen LogP contribution in [0.1, 0.15) is 18.2 Å². The first-order valence-corrected chi connectivity index (χ1v) is 8.37. The van der Waals surface area contributed by atoms with Gasteiger partial charge in [-0.3, -0.25) is 9.59 Å². The molecule has 0 saturated carbocycles. The maximum absolute atomic E-state index is 12.6. The van der Waals surface area contributed by atoms with Gasteiger partial charge in [-0.1, -0.05) is 11.6 Å². The van der Waals surface area contributed by atoms with Crippen LogP contribution >= 0.6 is 11.6 Å². The molecule has 0 aliphatic carbocycles. The third-order valence-electron chi connectivity index (χ3n) is 4.42. The number of pyridine rings is 1. The van der Waals surface area contributed by atoms with Crippen molar-refractivity contribution in [2.45, 2.75) is 18.9 Å². The van der Waals surface area contributed by atoms with Gasteiger partial charge < -0.3 is 15.2 Å². The highest BCUT2D eigenvalue weighted by molar-refractivity contribution is 6.31. The lowest BCUT2D eigenvalue weighted by molar-refractivity contribution is -0.121. The molecule has 1 atom stereocenters. The number of rotatable bonds is 5. The van der Waals surface area contributed by atoms with E-state index in [0.29, 0.717) is 17.9 Å². The third kappa shape index (κ3) is 3.25. The van der Waals surface area contributed by atoms with Gasteiger partial charge in [-0.15, -0.1) is 5.10 Å². The van der Waals surface area contributed by atoms with Crippen LogP contribution in [-0.2, 0) is 11.2 Å². The van der Waals surface area contributed by atoms with E-state index >= 15 is 0 Å².